The Bertz CT molecular complexity index is 468. The number of likely N-dealkylation sites (tertiary alicyclic amines) is 1. The van der Waals surface area contributed by atoms with E-state index in [1.54, 1.807) is 0 Å². The van der Waals surface area contributed by atoms with Crippen molar-refractivity contribution in [1.82, 2.24) is 10.2 Å². The van der Waals surface area contributed by atoms with Crippen molar-refractivity contribution in [2.75, 3.05) is 19.6 Å². The number of nitrogens with zero attached hydrogens (tertiary/aromatic N) is 1. The lowest BCUT2D eigenvalue weighted by Gasteiger charge is -2.54. The van der Waals surface area contributed by atoms with Crippen LogP contribution in [0.2, 0.25) is 0 Å². The standard InChI is InChI=1S/C20H32N2O2/c1-2-5-21-19(23)15-3-6-22(7-4-15)20(24)18-16-9-13-8-14(11-16)12-17(18)10-13/h13-18H,2-12H2,1H3,(H,21,23). The molecule has 4 bridgehead atoms. The molecule has 0 aromatic heterocycles. The van der Waals surface area contributed by atoms with Gasteiger partial charge in [0.2, 0.25) is 11.8 Å². The average molecular weight is 332 g/mol. The second-order valence-corrected chi connectivity index (χ2v) is 8.85. The second-order valence-electron chi connectivity index (χ2n) is 8.85. The van der Waals surface area contributed by atoms with Crippen molar-refractivity contribution >= 4 is 11.8 Å². The Kier molecular flexibility index (Phi) is 4.57. The van der Waals surface area contributed by atoms with Gasteiger partial charge in [0.1, 0.15) is 0 Å². The molecule has 4 nitrogen and oxygen atoms in total. The maximum atomic E-state index is 13.2. The van der Waals surface area contributed by atoms with Gasteiger partial charge in [0, 0.05) is 31.5 Å². The molecule has 0 radical (unpaired) electrons. The molecule has 1 N–H and O–H groups in total. The predicted octanol–water partition coefficient (Wildman–Crippen LogP) is 2.82. The minimum absolute atomic E-state index is 0.110. The largest absolute Gasteiger partial charge is 0.356 e. The molecule has 5 aliphatic rings. The summed E-state index contributed by atoms with van der Waals surface area (Å²) >= 11 is 0. The quantitative estimate of drug-likeness (QED) is 0.860. The van der Waals surface area contributed by atoms with Gasteiger partial charge in [0.05, 0.1) is 0 Å². The van der Waals surface area contributed by atoms with E-state index in [-0.39, 0.29) is 11.8 Å². The first-order valence-electron chi connectivity index (χ1n) is 10.2. The molecule has 2 amide bonds. The molecule has 1 saturated heterocycles. The summed E-state index contributed by atoms with van der Waals surface area (Å²) in [7, 11) is 0. The van der Waals surface area contributed by atoms with E-state index in [1.807, 2.05) is 0 Å². The van der Waals surface area contributed by atoms with Crippen LogP contribution in [0, 0.1) is 35.5 Å². The molecule has 0 unspecified atom stereocenters. The Morgan fingerprint density at radius 2 is 1.54 bits per heavy atom. The Morgan fingerprint density at radius 3 is 2.08 bits per heavy atom. The smallest absolute Gasteiger partial charge is 0.226 e. The van der Waals surface area contributed by atoms with Crippen LogP contribution in [0.25, 0.3) is 0 Å². The van der Waals surface area contributed by atoms with E-state index in [4.69, 9.17) is 0 Å². The van der Waals surface area contributed by atoms with Gasteiger partial charge in [-0.3, -0.25) is 9.59 Å². The lowest BCUT2D eigenvalue weighted by molar-refractivity contribution is -0.151. The molecule has 0 aromatic rings. The zero-order chi connectivity index (χ0) is 16.7. The molecule has 1 heterocycles. The highest BCUT2D eigenvalue weighted by molar-refractivity contribution is 5.81. The normalized spacial score (nSPS) is 38.4. The highest BCUT2D eigenvalue weighted by atomic mass is 16.2. The van der Waals surface area contributed by atoms with Crippen molar-refractivity contribution in [2.45, 2.75) is 58.3 Å². The van der Waals surface area contributed by atoms with E-state index in [0.29, 0.717) is 23.7 Å². The summed E-state index contributed by atoms with van der Waals surface area (Å²) in [5.41, 5.74) is 0. The Hall–Kier alpha value is -1.06. The van der Waals surface area contributed by atoms with E-state index in [9.17, 15) is 9.59 Å². The summed E-state index contributed by atoms with van der Waals surface area (Å²) in [6.45, 7) is 4.41. The minimum Gasteiger partial charge on any atom is -0.356 e. The fraction of sp³-hybridized carbons (Fsp3) is 0.900. The number of hydrogen-bond acceptors (Lipinski definition) is 2. The molecule has 4 saturated carbocycles. The van der Waals surface area contributed by atoms with E-state index < -0.39 is 0 Å². The summed E-state index contributed by atoms with van der Waals surface area (Å²) in [6, 6.07) is 0. The van der Waals surface area contributed by atoms with Crippen molar-refractivity contribution in [1.29, 1.82) is 0 Å². The number of hydrogen-bond donors (Lipinski definition) is 1. The number of piperidine rings is 1. The first kappa shape index (κ1) is 16.4. The van der Waals surface area contributed by atoms with Crippen LogP contribution in [0.4, 0.5) is 0 Å². The SMILES string of the molecule is CCCNC(=O)C1CCN(C(=O)C2C3CC4CC(C3)CC2C4)CC1. The maximum absolute atomic E-state index is 13.2. The van der Waals surface area contributed by atoms with E-state index >= 15 is 0 Å². The molecule has 0 spiro atoms. The lowest BCUT2D eigenvalue weighted by Crippen LogP contribution is -2.53. The molecule has 1 aliphatic heterocycles. The van der Waals surface area contributed by atoms with Gasteiger partial charge >= 0.3 is 0 Å². The van der Waals surface area contributed by atoms with Crippen LogP contribution in [-0.4, -0.2) is 36.3 Å². The monoisotopic (exact) mass is 332 g/mol. The van der Waals surface area contributed by atoms with E-state index in [2.05, 4.69) is 17.1 Å². The van der Waals surface area contributed by atoms with Gasteiger partial charge in [-0.25, -0.2) is 0 Å². The summed E-state index contributed by atoms with van der Waals surface area (Å²) in [5.74, 6) is 4.21. The van der Waals surface area contributed by atoms with Crippen molar-refractivity contribution in [3.05, 3.63) is 0 Å². The molecule has 24 heavy (non-hydrogen) atoms. The summed E-state index contributed by atoms with van der Waals surface area (Å²) in [6.07, 6.45) is 9.32. The highest BCUT2D eigenvalue weighted by Crippen LogP contribution is 2.56. The fourth-order valence-corrected chi connectivity index (χ4v) is 6.29. The van der Waals surface area contributed by atoms with Crippen LogP contribution in [0.3, 0.4) is 0 Å². The van der Waals surface area contributed by atoms with Crippen molar-refractivity contribution < 1.29 is 9.59 Å². The Morgan fingerprint density at radius 1 is 0.958 bits per heavy atom. The number of carbonyl (C=O) groups excluding carboxylic acids is 2. The van der Waals surface area contributed by atoms with E-state index in [1.165, 1.54) is 32.1 Å². The summed E-state index contributed by atoms with van der Waals surface area (Å²) in [5, 5.41) is 3.01. The Balaban J connectivity index is 1.33. The van der Waals surface area contributed by atoms with Crippen LogP contribution < -0.4 is 5.32 Å². The molecule has 0 atom stereocenters. The van der Waals surface area contributed by atoms with Crippen molar-refractivity contribution in [2.24, 2.45) is 35.5 Å². The van der Waals surface area contributed by atoms with Gasteiger partial charge < -0.3 is 10.2 Å². The minimum atomic E-state index is 0.110. The molecule has 134 valence electrons. The topological polar surface area (TPSA) is 49.4 Å². The third-order valence-corrected chi connectivity index (χ3v) is 7.24. The average Bonchev–Trinajstić information content (AvgIpc) is 2.58. The van der Waals surface area contributed by atoms with Crippen LogP contribution >= 0.6 is 0 Å². The van der Waals surface area contributed by atoms with Gasteiger partial charge in [0.25, 0.3) is 0 Å². The molecule has 5 rings (SSSR count). The second kappa shape index (κ2) is 6.68. The van der Waals surface area contributed by atoms with Crippen LogP contribution in [-0.2, 0) is 9.59 Å². The molecule has 4 heteroatoms. The fourth-order valence-electron chi connectivity index (χ4n) is 6.29. The molecule has 4 aliphatic carbocycles. The number of rotatable bonds is 4. The molecular weight excluding hydrogens is 300 g/mol. The summed E-state index contributed by atoms with van der Waals surface area (Å²) < 4.78 is 0. The highest BCUT2D eigenvalue weighted by Gasteiger charge is 2.51. The van der Waals surface area contributed by atoms with Gasteiger partial charge in [-0.05, 0) is 75.0 Å². The van der Waals surface area contributed by atoms with Crippen LogP contribution in [0.5, 0.6) is 0 Å². The summed E-state index contributed by atoms with van der Waals surface area (Å²) in [4.78, 5) is 27.4. The van der Waals surface area contributed by atoms with Gasteiger partial charge in [-0.15, -0.1) is 0 Å². The first-order valence-corrected chi connectivity index (χ1v) is 10.2. The zero-order valence-corrected chi connectivity index (χ0v) is 15.0. The lowest BCUT2D eigenvalue weighted by atomic mass is 9.51. The predicted molar refractivity (Wildman–Crippen MR) is 93.1 cm³/mol. The van der Waals surface area contributed by atoms with E-state index in [0.717, 1.165) is 50.7 Å². The van der Waals surface area contributed by atoms with Gasteiger partial charge in [0.15, 0.2) is 0 Å². The number of amides is 2. The molecule has 0 aromatic carbocycles. The molecule has 5 fully saturated rings. The van der Waals surface area contributed by atoms with Crippen molar-refractivity contribution in [3.8, 4) is 0 Å². The number of carbonyl (C=O) groups is 2. The number of nitrogens with one attached hydrogen (secondary N) is 1. The third-order valence-electron chi connectivity index (χ3n) is 7.24. The first-order chi connectivity index (χ1) is 11.7. The zero-order valence-electron chi connectivity index (χ0n) is 15.0. The third kappa shape index (κ3) is 2.97. The van der Waals surface area contributed by atoms with Crippen LogP contribution in [0.15, 0.2) is 0 Å². The Labute approximate surface area is 145 Å². The van der Waals surface area contributed by atoms with Crippen LogP contribution in [0.1, 0.15) is 58.3 Å². The molecular formula is C20H32N2O2. The maximum Gasteiger partial charge on any atom is 0.226 e. The van der Waals surface area contributed by atoms with Gasteiger partial charge in [-0.1, -0.05) is 6.92 Å². The van der Waals surface area contributed by atoms with Gasteiger partial charge in [-0.2, -0.15) is 0 Å². The van der Waals surface area contributed by atoms with Crippen molar-refractivity contribution in [3.63, 3.8) is 0 Å².